The molecule has 4 nitrogen and oxygen atoms in total. The van der Waals surface area contributed by atoms with Crippen molar-refractivity contribution < 1.29 is 0 Å². The second-order valence-electron chi connectivity index (χ2n) is 6.44. The SMILES string of the molecule is Cc1cc(C)c(-c2nc(C)n3c(=O)c(CCCl)c(C)[nH]c23)c(C)c1. The van der Waals surface area contributed by atoms with E-state index in [0.29, 0.717) is 18.1 Å². The maximum Gasteiger partial charge on any atom is 0.262 e. The summed E-state index contributed by atoms with van der Waals surface area (Å²) in [4.78, 5) is 21.0. The lowest BCUT2D eigenvalue weighted by Gasteiger charge is -2.11. The molecule has 0 saturated carbocycles. The van der Waals surface area contributed by atoms with Gasteiger partial charge < -0.3 is 4.98 Å². The van der Waals surface area contributed by atoms with E-state index in [1.54, 1.807) is 4.40 Å². The van der Waals surface area contributed by atoms with Crippen molar-refractivity contribution in [2.24, 2.45) is 0 Å². The van der Waals surface area contributed by atoms with Gasteiger partial charge in [0.2, 0.25) is 0 Å². The lowest BCUT2D eigenvalue weighted by Crippen LogP contribution is -2.22. The van der Waals surface area contributed by atoms with Crippen LogP contribution in [0.5, 0.6) is 0 Å². The molecule has 3 aromatic rings. The van der Waals surface area contributed by atoms with Gasteiger partial charge in [0.05, 0.1) is 0 Å². The number of hydrogen-bond acceptors (Lipinski definition) is 2. The zero-order valence-electron chi connectivity index (χ0n) is 14.7. The maximum absolute atomic E-state index is 12.9. The Morgan fingerprint density at radius 2 is 1.75 bits per heavy atom. The van der Waals surface area contributed by atoms with Crippen LogP contribution in [0.15, 0.2) is 16.9 Å². The Labute approximate surface area is 146 Å². The molecule has 24 heavy (non-hydrogen) atoms. The number of aromatic nitrogens is 3. The summed E-state index contributed by atoms with van der Waals surface area (Å²) < 4.78 is 1.67. The molecule has 0 aliphatic rings. The molecule has 0 saturated heterocycles. The van der Waals surface area contributed by atoms with Crippen molar-refractivity contribution in [3.05, 3.63) is 56.3 Å². The van der Waals surface area contributed by atoms with E-state index < -0.39 is 0 Å². The van der Waals surface area contributed by atoms with Gasteiger partial charge in [-0.25, -0.2) is 9.38 Å². The topological polar surface area (TPSA) is 50.2 Å². The van der Waals surface area contributed by atoms with E-state index in [9.17, 15) is 4.79 Å². The normalized spacial score (nSPS) is 11.4. The highest BCUT2D eigenvalue weighted by Gasteiger charge is 2.19. The molecule has 0 bridgehead atoms. The summed E-state index contributed by atoms with van der Waals surface area (Å²) in [6.07, 6.45) is 0.550. The van der Waals surface area contributed by atoms with Crippen LogP contribution in [0.1, 0.15) is 33.8 Å². The summed E-state index contributed by atoms with van der Waals surface area (Å²) in [6, 6.07) is 4.30. The van der Waals surface area contributed by atoms with Gasteiger partial charge in [-0.05, 0) is 52.2 Å². The number of nitrogens with one attached hydrogen (secondary N) is 1. The monoisotopic (exact) mass is 343 g/mol. The van der Waals surface area contributed by atoms with Gasteiger partial charge in [-0.15, -0.1) is 11.6 Å². The van der Waals surface area contributed by atoms with Crippen LogP contribution in [0, 0.1) is 34.6 Å². The van der Waals surface area contributed by atoms with Gasteiger partial charge in [-0.1, -0.05) is 17.7 Å². The van der Waals surface area contributed by atoms with Gasteiger partial charge in [0.15, 0.2) is 0 Å². The highest BCUT2D eigenvalue weighted by atomic mass is 35.5. The number of rotatable bonds is 3. The molecule has 0 radical (unpaired) electrons. The largest absolute Gasteiger partial charge is 0.343 e. The quantitative estimate of drug-likeness (QED) is 0.730. The number of alkyl halides is 1. The van der Waals surface area contributed by atoms with E-state index in [0.717, 1.165) is 39.3 Å². The van der Waals surface area contributed by atoms with Crippen LogP contribution in [0.25, 0.3) is 16.9 Å². The van der Waals surface area contributed by atoms with Crippen LogP contribution in [-0.4, -0.2) is 20.2 Å². The molecule has 0 aliphatic heterocycles. The highest BCUT2D eigenvalue weighted by Crippen LogP contribution is 2.30. The molecule has 0 fully saturated rings. The van der Waals surface area contributed by atoms with Crippen molar-refractivity contribution in [2.45, 2.75) is 41.0 Å². The summed E-state index contributed by atoms with van der Waals surface area (Å²) in [5, 5.41) is 0. The van der Waals surface area contributed by atoms with Gasteiger partial charge in [-0.2, -0.15) is 0 Å². The zero-order valence-corrected chi connectivity index (χ0v) is 15.5. The summed E-state index contributed by atoms with van der Waals surface area (Å²) in [7, 11) is 0. The molecule has 0 aliphatic carbocycles. The summed E-state index contributed by atoms with van der Waals surface area (Å²) in [5.74, 6) is 1.11. The van der Waals surface area contributed by atoms with Crippen LogP contribution < -0.4 is 5.56 Å². The van der Waals surface area contributed by atoms with Gasteiger partial charge in [0.25, 0.3) is 5.56 Å². The Hall–Kier alpha value is -2.07. The fourth-order valence-corrected chi connectivity index (χ4v) is 3.75. The molecule has 0 atom stereocenters. The van der Waals surface area contributed by atoms with Crippen molar-refractivity contribution in [3.8, 4) is 11.3 Å². The second kappa shape index (κ2) is 6.10. The van der Waals surface area contributed by atoms with Crippen LogP contribution >= 0.6 is 11.6 Å². The van der Waals surface area contributed by atoms with Crippen molar-refractivity contribution >= 4 is 17.2 Å². The van der Waals surface area contributed by atoms with E-state index in [1.165, 1.54) is 5.56 Å². The van der Waals surface area contributed by atoms with E-state index in [-0.39, 0.29) is 5.56 Å². The number of benzene rings is 1. The molecule has 0 spiro atoms. The molecular weight excluding hydrogens is 322 g/mol. The van der Waals surface area contributed by atoms with Crippen LogP contribution in [0.4, 0.5) is 0 Å². The van der Waals surface area contributed by atoms with Gasteiger partial charge >= 0.3 is 0 Å². The fraction of sp³-hybridized carbons (Fsp3) is 0.368. The number of fused-ring (bicyclic) bond motifs is 1. The zero-order chi connectivity index (χ0) is 17.6. The number of aromatic amines is 1. The molecule has 2 aromatic heterocycles. The van der Waals surface area contributed by atoms with Crippen LogP contribution in [0.3, 0.4) is 0 Å². The minimum atomic E-state index is -0.0273. The molecule has 1 N–H and O–H groups in total. The third-order valence-electron chi connectivity index (χ3n) is 4.52. The minimum Gasteiger partial charge on any atom is -0.343 e. The van der Waals surface area contributed by atoms with E-state index in [1.807, 2.05) is 13.8 Å². The molecular formula is C19H22ClN3O. The average Bonchev–Trinajstić information content (AvgIpc) is 2.79. The third kappa shape index (κ3) is 2.55. The maximum atomic E-state index is 12.9. The van der Waals surface area contributed by atoms with E-state index >= 15 is 0 Å². The number of hydrogen-bond donors (Lipinski definition) is 1. The van der Waals surface area contributed by atoms with E-state index in [2.05, 4.69) is 37.9 Å². The van der Waals surface area contributed by atoms with Crippen LogP contribution in [0.2, 0.25) is 0 Å². The highest BCUT2D eigenvalue weighted by molar-refractivity contribution is 6.18. The number of H-pyrrole nitrogens is 1. The molecule has 0 unspecified atom stereocenters. The number of halogens is 1. The lowest BCUT2D eigenvalue weighted by atomic mass is 9.97. The third-order valence-corrected chi connectivity index (χ3v) is 4.71. The standard InChI is InChI=1S/C19H22ClN3O/c1-10-8-11(2)16(12(3)9-10)17-18-21-13(4)15(6-7-20)19(24)23(18)14(5)22-17/h8-9,21H,6-7H2,1-5H3. The van der Waals surface area contributed by atoms with Gasteiger partial charge in [-0.3, -0.25) is 4.79 Å². The first-order valence-corrected chi connectivity index (χ1v) is 8.63. The van der Waals surface area contributed by atoms with Crippen molar-refractivity contribution in [3.63, 3.8) is 0 Å². The lowest BCUT2D eigenvalue weighted by molar-refractivity contribution is 0.915. The Morgan fingerprint density at radius 1 is 1.12 bits per heavy atom. The first kappa shape index (κ1) is 16.8. The Balaban J connectivity index is 2.39. The second-order valence-corrected chi connectivity index (χ2v) is 6.82. The first-order valence-electron chi connectivity index (χ1n) is 8.10. The Bertz CT molecular complexity index is 975. The fourth-order valence-electron chi connectivity index (χ4n) is 3.56. The van der Waals surface area contributed by atoms with Gasteiger partial charge in [0.1, 0.15) is 17.2 Å². The first-order chi connectivity index (χ1) is 11.3. The smallest absolute Gasteiger partial charge is 0.262 e. The van der Waals surface area contributed by atoms with Crippen molar-refractivity contribution in [2.75, 3.05) is 5.88 Å². The van der Waals surface area contributed by atoms with Crippen molar-refractivity contribution in [1.82, 2.24) is 14.4 Å². The van der Waals surface area contributed by atoms with E-state index in [4.69, 9.17) is 16.6 Å². The predicted molar refractivity (Wildman–Crippen MR) is 99.4 cm³/mol. The number of aryl methyl sites for hydroxylation is 5. The predicted octanol–water partition coefficient (Wildman–Crippen LogP) is 4.01. The molecule has 3 rings (SSSR count). The molecule has 126 valence electrons. The molecule has 0 amide bonds. The van der Waals surface area contributed by atoms with Crippen LogP contribution in [-0.2, 0) is 6.42 Å². The number of nitrogens with zero attached hydrogens (tertiary/aromatic N) is 2. The number of imidazole rings is 1. The minimum absolute atomic E-state index is 0.0273. The molecule has 2 heterocycles. The van der Waals surface area contributed by atoms with Crippen molar-refractivity contribution in [1.29, 1.82) is 0 Å². The molecule has 1 aromatic carbocycles. The summed E-state index contributed by atoms with van der Waals surface area (Å²) >= 11 is 5.85. The Morgan fingerprint density at radius 3 is 2.33 bits per heavy atom. The summed E-state index contributed by atoms with van der Waals surface area (Å²) in [6.45, 7) is 10.0. The van der Waals surface area contributed by atoms with Gasteiger partial charge in [0, 0.05) is 22.7 Å². The summed E-state index contributed by atoms with van der Waals surface area (Å²) in [5.41, 5.74) is 7.78. The Kier molecular flexibility index (Phi) is 4.26. The average molecular weight is 344 g/mol. The molecule has 5 heteroatoms.